The highest BCUT2D eigenvalue weighted by molar-refractivity contribution is 6.26. The fraction of sp³-hybridized carbons (Fsp3) is 0.593. The maximum absolute atomic E-state index is 13.1. The summed E-state index contributed by atoms with van der Waals surface area (Å²) in [6.45, 7) is 6.32. The van der Waals surface area contributed by atoms with E-state index >= 15 is 0 Å². The molecule has 1 aromatic rings. The zero-order chi connectivity index (χ0) is 28.0. The molecule has 2 aliphatic rings. The molecule has 1 fully saturated rings. The molecule has 2 aliphatic heterocycles. The van der Waals surface area contributed by atoms with Crippen LogP contribution in [-0.4, -0.2) is 93.3 Å². The second-order valence-corrected chi connectivity index (χ2v) is 9.07. The van der Waals surface area contributed by atoms with Crippen molar-refractivity contribution in [2.45, 2.75) is 51.5 Å². The van der Waals surface area contributed by atoms with E-state index in [1.807, 2.05) is 6.92 Å². The van der Waals surface area contributed by atoms with Crippen LogP contribution in [0.3, 0.4) is 0 Å². The lowest BCUT2D eigenvalue weighted by atomic mass is 10.0. The molecule has 1 saturated heterocycles. The van der Waals surface area contributed by atoms with E-state index in [4.69, 9.17) is 18.9 Å². The molecule has 0 aliphatic carbocycles. The molecule has 12 nitrogen and oxygen atoms in total. The number of hydrogen-bond donors (Lipinski definition) is 2. The van der Waals surface area contributed by atoms with Gasteiger partial charge >= 0.3 is 0 Å². The molecule has 2 N–H and O–H groups in total. The zero-order valence-electron chi connectivity index (χ0n) is 22.3. The summed E-state index contributed by atoms with van der Waals surface area (Å²) in [5.74, 6) is -2.66. The van der Waals surface area contributed by atoms with Crippen LogP contribution in [0.1, 0.15) is 66.2 Å². The van der Waals surface area contributed by atoms with Gasteiger partial charge in [0.2, 0.25) is 17.7 Å². The summed E-state index contributed by atoms with van der Waals surface area (Å²) in [6.07, 6.45) is 2.57. The standard InChI is InChI=1S/C27H37N3O9/c1-2-36-13-14-38-17-18-39-16-15-37-12-5-3-4-9-22(31)28-20-8-6-7-19-24(20)27(35)30(26(19)34)21-10-11-23(32)29-25(21)33/h6-8,21H,2-5,9-18H2,1H3,(H,28,31)(H,29,32,33). The second-order valence-electron chi connectivity index (χ2n) is 9.07. The Morgan fingerprint density at radius 3 is 2.23 bits per heavy atom. The molecule has 39 heavy (non-hydrogen) atoms. The number of piperidine rings is 1. The normalized spacial score (nSPS) is 16.9. The van der Waals surface area contributed by atoms with Gasteiger partial charge in [-0.05, 0) is 38.3 Å². The number of hydrogen-bond acceptors (Lipinski definition) is 9. The van der Waals surface area contributed by atoms with Crippen molar-refractivity contribution in [2.75, 3.05) is 58.2 Å². The van der Waals surface area contributed by atoms with Gasteiger partial charge in [-0.2, -0.15) is 0 Å². The van der Waals surface area contributed by atoms with Gasteiger partial charge in [0.25, 0.3) is 11.8 Å². The van der Waals surface area contributed by atoms with Gasteiger partial charge in [-0.25, -0.2) is 0 Å². The average Bonchev–Trinajstić information content (AvgIpc) is 3.17. The summed E-state index contributed by atoms with van der Waals surface area (Å²) in [7, 11) is 0. The molecule has 2 heterocycles. The molecule has 12 heteroatoms. The molecule has 214 valence electrons. The number of fused-ring (bicyclic) bond motifs is 1. The van der Waals surface area contributed by atoms with Gasteiger partial charge in [0.05, 0.1) is 56.5 Å². The Kier molecular flexibility index (Phi) is 12.5. The molecule has 1 unspecified atom stereocenters. The minimum absolute atomic E-state index is 0.0391. The summed E-state index contributed by atoms with van der Waals surface area (Å²) in [5, 5.41) is 4.89. The number of nitrogens with one attached hydrogen (secondary N) is 2. The van der Waals surface area contributed by atoms with Gasteiger partial charge in [0.15, 0.2) is 0 Å². The van der Waals surface area contributed by atoms with Crippen molar-refractivity contribution < 1.29 is 42.9 Å². The van der Waals surface area contributed by atoms with Crippen molar-refractivity contribution in [3.63, 3.8) is 0 Å². The van der Waals surface area contributed by atoms with E-state index in [0.717, 1.165) is 17.7 Å². The van der Waals surface area contributed by atoms with Crippen LogP contribution in [0.2, 0.25) is 0 Å². The molecule has 0 spiro atoms. The highest BCUT2D eigenvalue weighted by atomic mass is 16.6. The zero-order valence-corrected chi connectivity index (χ0v) is 22.3. The number of amides is 5. The van der Waals surface area contributed by atoms with Crippen LogP contribution in [0, 0.1) is 0 Å². The number of unbranched alkanes of at least 4 members (excludes halogenated alkanes) is 2. The van der Waals surface area contributed by atoms with Gasteiger partial charge in [0, 0.05) is 26.1 Å². The first-order valence-electron chi connectivity index (χ1n) is 13.4. The summed E-state index contributed by atoms with van der Waals surface area (Å²) >= 11 is 0. The molecular formula is C27H37N3O9. The first kappa shape index (κ1) is 30.4. The van der Waals surface area contributed by atoms with Crippen molar-refractivity contribution in [1.29, 1.82) is 0 Å². The number of carbonyl (C=O) groups excluding carboxylic acids is 5. The fourth-order valence-electron chi connectivity index (χ4n) is 4.30. The van der Waals surface area contributed by atoms with Gasteiger partial charge in [-0.1, -0.05) is 12.5 Å². The minimum atomic E-state index is -1.06. The van der Waals surface area contributed by atoms with E-state index in [2.05, 4.69) is 10.6 Å². The summed E-state index contributed by atoms with van der Waals surface area (Å²) in [4.78, 5) is 63.1. The SMILES string of the molecule is CCOCCOCCOCCOCCCCCC(=O)Nc1cccc2c1C(=O)N(C1CCC(=O)NC1=O)C2=O. The van der Waals surface area contributed by atoms with Gasteiger partial charge in [0.1, 0.15) is 6.04 Å². The van der Waals surface area contributed by atoms with Crippen LogP contribution in [-0.2, 0) is 33.3 Å². The lowest BCUT2D eigenvalue weighted by molar-refractivity contribution is -0.136. The Balaban J connectivity index is 1.31. The Morgan fingerprint density at radius 2 is 1.56 bits per heavy atom. The van der Waals surface area contributed by atoms with Crippen molar-refractivity contribution in [2.24, 2.45) is 0 Å². The number of imide groups is 2. The topological polar surface area (TPSA) is 150 Å². The molecule has 0 saturated carbocycles. The third-order valence-electron chi connectivity index (χ3n) is 6.25. The monoisotopic (exact) mass is 547 g/mol. The molecule has 1 atom stereocenters. The van der Waals surface area contributed by atoms with E-state index in [0.29, 0.717) is 59.3 Å². The third-order valence-corrected chi connectivity index (χ3v) is 6.25. The smallest absolute Gasteiger partial charge is 0.264 e. The second kappa shape index (κ2) is 16.0. The summed E-state index contributed by atoms with van der Waals surface area (Å²) in [6, 6.07) is 3.56. The molecule has 0 radical (unpaired) electrons. The summed E-state index contributed by atoms with van der Waals surface area (Å²) < 4.78 is 21.5. The number of anilines is 1. The highest BCUT2D eigenvalue weighted by Crippen LogP contribution is 2.32. The van der Waals surface area contributed by atoms with Gasteiger partial charge in [-0.15, -0.1) is 0 Å². The first-order chi connectivity index (χ1) is 18.9. The van der Waals surface area contributed by atoms with Crippen LogP contribution in [0.4, 0.5) is 5.69 Å². The Labute approximate surface area is 227 Å². The van der Waals surface area contributed by atoms with Crippen LogP contribution in [0.15, 0.2) is 18.2 Å². The third kappa shape index (κ3) is 8.92. The fourth-order valence-corrected chi connectivity index (χ4v) is 4.30. The summed E-state index contributed by atoms with van der Waals surface area (Å²) in [5.41, 5.74) is 0.416. The quantitative estimate of drug-likeness (QED) is 0.207. The van der Waals surface area contributed by atoms with Gasteiger partial charge in [-0.3, -0.25) is 34.2 Å². The van der Waals surface area contributed by atoms with E-state index in [9.17, 15) is 24.0 Å². The van der Waals surface area contributed by atoms with E-state index in [1.165, 1.54) is 6.07 Å². The number of benzene rings is 1. The molecular weight excluding hydrogens is 510 g/mol. The van der Waals surface area contributed by atoms with E-state index in [1.54, 1.807) is 12.1 Å². The molecule has 0 bridgehead atoms. The number of carbonyl (C=O) groups is 5. The van der Waals surface area contributed by atoms with Gasteiger partial charge < -0.3 is 24.3 Å². The maximum atomic E-state index is 13.1. The Morgan fingerprint density at radius 1 is 0.897 bits per heavy atom. The predicted octanol–water partition coefficient (Wildman–Crippen LogP) is 1.67. The lowest BCUT2D eigenvalue weighted by Crippen LogP contribution is -2.54. The van der Waals surface area contributed by atoms with E-state index in [-0.39, 0.29) is 42.0 Å². The molecule has 1 aromatic carbocycles. The van der Waals surface area contributed by atoms with E-state index < -0.39 is 29.7 Å². The van der Waals surface area contributed by atoms with Crippen molar-refractivity contribution in [3.05, 3.63) is 29.3 Å². The maximum Gasteiger partial charge on any atom is 0.264 e. The predicted molar refractivity (Wildman–Crippen MR) is 139 cm³/mol. The molecule has 5 amide bonds. The average molecular weight is 548 g/mol. The lowest BCUT2D eigenvalue weighted by Gasteiger charge is -2.27. The number of ether oxygens (including phenoxy) is 4. The Bertz CT molecular complexity index is 1030. The largest absolute Gasteiger partial charge is 0.379 e. The first-order valence-corrected chi connectivity index (χ1v) is 13.4. The molecule has 0 aromatic heterocycles. The van der Waals surface area contributed by atoms with Crippen molar-refractivity contribution in [1.82, 2.24) is 10.2 Å². The van der Waals surface area contributed by atoms with Crippen molar-refractivity contribution in [3.8, 4) is 0 Å². The van der Waals surface area contributed by atoms with Crippen LogP contribution in [0.25, 0.3) is 0 Å². The van der Waals surface area contributed by atoms with Crippen LogP contribution >= 0.6 is 0 Å². The van der Waals surface area contributed by atoms with Crippen molar-refractivity contribution >= 4 is 35.2 Å². The minimum Gasteiger partial charge on any atom is -0.379 e. The number of nitrogens with zero attached hydrogens (tertiary/aromatic N) is 1. The van der Waals surface area contributed by atoms with Crippen LogP contribution < -0.4 is 10.6 Å². The highest BCUT2D eigenvalue weighted by Gasteiger charge is 2.45. The molecule has 3 rings (SSSR count). The van der Waals surface area contributed by atoms with Crippen LogP contribution in [0.5, 0.6) is 0 Å². The number of rotatable bonds is 18. The Hall–Kier alpha value is -3.19.